The van der Waals surface area contributed by atoms with Crippen LogP contribution < -0.4 is 0 Å². The minimum atomic E-state index is -1.07. The summed E-state index contributed by atoms with van der Waals surface area (Å²) < 4.78 is 6.64. The van der Waals surface area contributed by atoms with Gasteiger partial charge in [-0.2, -0.15) is 5.10 Å². The molecule has 0 aliphatic rings. The quantitative estimate of drug-likeness (QED) is 0.790. The lowest BCUT2D eigenvalue weighted by molar-refractivity contribution is 0.0660. The van der Waals surface area contributed by atoms with Crippen molar-refractivity contribution in [3.63, 3.8) is 0 Å². The minimum Gasteiger partial charge on any atom is -0.475 e. The van der Waals surface area contributed by atoms with E-state index in [0.29, 0.717) is 12.1 Å². The van der Waals surface area contributed by atoms with E-state index in [0.717, 1.165) is 11.1 Å². The van der Waals surface area contributed by atoms with Gasteiger partial charge in [-0.15, -0.1) is 0 Å². The Hall–Kier alpha value is -2.82. The van der Waals surface area contributed by atoms with Crippen molar-refractivity contribution in [3.05, 3.63) is 66.4 Å². The first-order valence-corrected chi connectivity index (χ1v) is 6.11. The van der Waals surface area contributed by atoms with Crippen molar-refractivity contribution in [2.24, 2.45) is 0 Å². The fourth-order valence-corrected chi connectivity index (χ4v) is 2.05. The van der Waals surface area contributed by atoms with Gasteiger partial charge in [0.05, 0.1) is 19.0 Å². The van der Waals surface area contributed by atoms with Crippen molar-refractivity contribution in [1.82, 2.24) is 9.78 Å². The van der Waals surface area contributed by atoms with Gasteiger partial charge in [0.15, 0.2) is 0 Å². The number of benzene rings is 1. The number of carbonyl (C=O) groups is 1. The van der Waals surface area contributed by atoms with Gasteiger partial charge < -0.3 is 9.52 Å². The number of carboxylic acids is 1. The van der Waals surface area contributed by atoms with E-state index >= 15 is 0 Å². The fourth-order valence-electron chi connectivity index (χ4n) is 2.05. The maximum Gasteiger partial charge on any atom is 0.372 e. The molecule has 100 valence electrons. The summed E-state index contributed by atoms with van der Waals surface area (Å²) in [5.41, 5.74) is 2.66. The molecule has 0 spiro atoms. The first kappa shape index (κ1) is 12.2. The zero-order valence-electron chi connectivity index (χ0n) is 10.6. The van der Waals surface area contributed by atoms with Crippen LogP contribution in [0.25, 0.3) is 11.1 Å². The van der Waals surface area contributed by atoms with E-state index in [2.05, 4.69) is 5.10 Å². The number of aromatic nitrogens is 2. The maximum absolute atomic E-state index is 11.0. The van der Waals surface area contributed by atoms with Crippen molar-refractivity contribution in [1.29, 1.82) is 0 Å². The molecule has 5 nitrogen and oxygen atoms in total. The Bertz CT molecular complexity index is 728. The Morgan fingerprint density at radius 3 is 2.75 bits per heavy atom. The summed E-state index contributed by atoms with van der Waals surface area (Å²) in [5.74, 6) is -1.11. The predicted octanol–water partition coefficient (Wildman–Crippen LogP) is 2.89. The molecule has 0 saturated heterocycles. The standard InChI is InChI=1S/C15H12N2O3/c18-15(19)14-12(6-7-20-14)9-17-10-13(8-16-17)11-4-2-1-3-5-11/h1-8,10H,9H2,(H,18,19). The molecule has 0 saturated carbocycles. The number of carboxylic acid groups (broad SMARTS) is 1. The van der Waals surface area contributed by atoms with Gasteiger partial charge in [-0.1, -0.05) is 30.3 Å². The zero-order chi connectivity index (χ0) is 13.9. The van der Waals surface area contributed by atoms with Gasteiger partial charge in [0.2, 0.25) is 5.76 Å². The Kier molecular flexibility index (Phi) is 3.09. The minimum absolute atomic E-state index is 0.0400. The first-order chi connectivity index (χ1) is 9.74. The number of rotatable bonds is 4. The second-order valence-electron chi connectivity index (χ2n) is 4.37. The molecule has 2 aromatic heterocycles. The monoisotopic (exact) mass is 268 g/mol. The Morgan fingerprint density at radius 2 is 2.00 bits per heavy atom. The lowest BCUT2D eigenvalue weighted by atomic mass is 10.1. The Morgan fingerprint density at radius 1 is 1.20 bits per heavy atom. The first-order valence-electron chi connectivity index (χ1n) is 6.11. The molecule has 2 heterocycles. The van der Waals surface area contributed by atoms with Crippen LogP contribution in [0.1, 0.15) is 16.1 Å². The van der Waals surface area contributed by atoms with Crippen LogP contribution in [0, 0.1) is 0 Å². The van der Waals surface area contributed by atoms with E-state index < -0.39 is 5.97 Å². The highest BCUT2D eigenvalue weighted by atomic mass is 16.4. The Labute approximate surface area is 115 Å². The van der Waals surface area contributed by atoms with Crippen molar-refractivity contribution in [2.75, 3.05) is 0 Å². The fraction of sp³-hybridized carbons (Fsp3) is 0.0667. The highest BCUT2D eigenvalue weighted by molar-refractivity contribution is 5.86. The third kappa shape index (κ3) is 2.33. The van der Waals surface area contributed by atoms with Crippen LogP contribution in [0.4, 0.5) is 0 Å². The van der Waals surface area contributed by atoms with Crippen molar-refractivity contribution in [3.8, 4) is 11.1 Å². The van der Waals surface area contributed by atoms with Gasteiger partial charge >= 0.3 is 5.97 Å². The van der Waals surface area contributed by atoms with Crippen LogP contribution in [0.2, 0.25) is 0 Å². The predicted molar refractivity (Wildman–Crippen MR) is 72.4 cm³/mol. The average Bonchev–Trinajstić information content (AvgIpc) is 3.09. The summed E-state index contributed by atoms with van der Waals surface area (Å²) in [7, 11) is 0. The van der Waals surface area contributed by atoms with Crippen molar-refractivity contribution < 1.29 is 14.3 Å². The van der Waals surface area contributed by atoms with Gasteiger partial charge in [0.25, 0.3) is 0 Å². The lowest BCUT2D eigenvalue weighted by Gasteiger charge is -2.00. The van der Waals surface area contributed by atoms with E-state index in [1.807, 2.05) is 36.5 Å². The molecule has 1 aromatic carbocycles. The molecule has 3 aromatic rings. The summed E-state index contributed by atoms with van der Waals surface area (Å²) in [6.07, 6.45) is 5.02. The summed E-state index contributed by atoms with van der Waals surface area (Å²) >= 11 is 0. The molecule has 0 radical (unpaired) electrons. The zero-order valence-corrected chi connectivity index (χ0v) is 10.6. The highest BCUT2D eigenvalue weighted by Gasteiger charge is 2.14. The van der Waals surface area contributed by atoms with E-state index in [1.165, 1.54) is 6.26 Å². The second-order valence-corrected chi connectivity index (χ2v) is 4.37. The molecule has 0 atom stereocenters. The lowest BCUT2D eigenvalue weighted by Crippen LogP contribution is -2.04. The topological polar surface area (TPSA) is 68.3 Å². The van der Waals surface area contributed by atoms with Crippen LogP contribution in [0.15, 0.2) is 59.5 Å². The van der Waals surface area contributed by atoms with Gasteiger partial charge in [0.1, 0.15) is 0 Å². The largest absolute Gasteiger partial charge is 0.475 e. The van der Waals surface area contributed by atoms with Crippen LogP contribution in [0.3, 0.4) is 0 Å². The van der Waals surface area contributed by atoms with E-state index in [4.69, 9.17) is 9.52 Å². The number of furan rings is 1. The van der Waals surface area contributed by atoms with Crippen molar-refractivity contribution >= 4 is 5.97 Å². The molecule has 20 heavy (non-hydrogen) atoms. The molecule has 1 N–H and O–H groups in total. The number of hydrogen-bond donors (Lipinski definition) is 1. The number of nitrogens with zero attached hydrogens (tertiary/aromatic N) is 2. The molecule has 3 rings (SSSR count). The molecule has 0 bridgehead atoms. The van der Waals surface area contributed by atoms with E-state index in [-0.39, 0.29) is 5.76 Å². The van der Waals surface area contributed by atoms with Crippen LogP contribution in [-0.2, 0) is 6.54 Å². The van der Waals surface area contributed by atoms with Gasteiger partial charge in [-0.25, -0.2) is 4.79 Å². The molecule has 0 aliphatic heterocycles. The van der Waals surface area contributed by atoms with E-state index in [1.54, 1.807) is 16.9 Å². The molecular formula is C15H12N2O3. The summed E-state index contributed by atoms with van der Waals surface area (Å²) in [4.78, 5) is 11.0. The smallest absolute Gasteiger partial charge is 0.372 e. The number of hydrogen-bond acceptors (Lipinski definition) is 3. The van der Waals surface area contributed by atoms with Crippen molar-refractivity contribution in [2.45, 2.75) is 6.54 Å². The van der Waals surface area contributed by atoms with Crippen LogP contribution in [-0.4, -0.2) is 20.9 Å². The van der Waals surface area contributed by atoms with Gasteiger partial charge in [0, 0.05) is 17.3 Å². The summed E-state index contributed by atoms with van der Waals surface area (Å²) in [6, 6.07) is 11.5. The summed E-state index contributed by atoms with van der Waals surface area (Å²) in [6.45, 7) is 0.366. The third-order valence-corrected chi connectivity index (χ3v) is 3.01. The maximum atomic E-state index is 11.0. The van der Waals surface area contributed by atoms with Gasteiger partial charge in [-0.05, 0) is 11.6 Å². The van der Waals surface area contributed by atoms with Crippen LogP contribution >= 0.6 is 0 Å². The second kappa shape index (κ2) is 5.05. The molecule has 5 heteroatoms. The van der Waals surface area contributed by atoms with E-state index in [9.17, 15) is 4.79 Å². The Balaban J connectivity index is 1.84. The molecule has 0 aliphatic carbocycles. The SMILES string of the molecule is O=C(O)c1occc1Cn1cc(-c2ccccc2)cn1. The normalized spacial score (nSPS) is 10.6. The molecule has 0 unspecified atom stereocenters. The number of aromatic carboxylic acids is 1. The average molecular weight is 268 g/mol. The van der Waals surface area contributed by atoms with Gasteiger partial charge in [-0.3, -0.25) is 4.68 Å². The van der Waals surface area contributed by atoms with Crippen LogP contribution in [0.5, 0.6) is 0 Å². The molecular weight excluding hydrogens is 256 g/mol. The third-order valence-electron chi connectivity index (χ3n) is 3.01. The molecule has 0 amide bonds. The molecule has 0 fully saturated rings. The summed E-state index contributed by atoms with van der Waals surface area (Å²) in [5, 5.41) is 13.2. The highest BCUT2D eigenvalue weighted by Crippen LogP contribution is 2.19.